The summed E-state index contributed by atoms with van der Waals surface area (Å²) >= 11 is 5.80. The molecule has 1 aliphatic carbocycles. The van der Waals surface area contributed by atoms with E-state index >= 15 is 0 Å². The zero-order valence-corrected chi connectivity index (χ0v) is 12.3. The lowest BCUT2D eigenvalue weighted by molar-refractivity contribution is -0.120. The van der Waals surface area contributed by atoms with Crippen LogP contribution in [0.15, 0.2) is 36.0 Å². The molecule has 1 saturated carbocycles. The Labute approximate surface area is 128 Å². The van der Waals surface area contributed by atoms with Crippen LogP contribution in [0.2, 0.25) is 5.02 Å². The van der Waals surface area contributed by atoms with Crippen LogP contribution in [0.5, 0.6) is 0 Å². The quantitative estimate of drug-likeness (QED) is 0.652. The zero-order chi connectivity index (χ0) is 14.8. The molecule has 1 saturated heterocycles. The fourth-order valence-electron chi connectivity index (χ4n) is 2.92. The highest BCUT2D eigenvalue weighted by Crippen LogP contribution is 2.22. The van der Waals surface area contributed by atoms with Gasteiger partial charge in [0.15, 0.2) is 5.78 Å². The fourth-order valence-corrected chi connectivity index (χ4v) is 3.05. The minimum Gasteiger partial charge on any atom is -0.376 e. The van der Waals surface area contributed by atoms with Crippen LogP contribution in [0.4, 0.5) is 0 Å². The number of rotatable bonds is 2. The van der Waals surface area contributed by atoms with E-state index in [1.54, 1.807) is 24.3 Å². The van der Waals surface area contributed by atoms with Crippen LogP contribution in [0.25, 0.3) is 0 Å². The molecule has 2 fully saturated rings. The maximum Gasteiger partial charge on any atom is 0.267 e. The van der Waals surface area contributed by atoms with Crippen molar-refractivity contribution >= 4 is 23.3 Å². The van der Waals surface area contributed by atoms with Crippen LogP contribution in [0.3, 0.4) is 0 Å². The Hall–Kier alpha value is -1.81. The van der Waals surface area contributed by atoms with Gasteiger partial charge in [-0.15, -0.1) is 0 Å². The molecule has 5 heteroatoms. The highest BCUT2D eigenvalue weighted by Gasteiger charge is 2.33. The summed E-state index contributed by atoms with van der Waals surface area (Å²) in [5.41, 5.74) is 0.880. The summed E-state index contributed by atoms with van der Waals surface area (Å²) in [5.74, 6) is -0.390. The van der Waals surface area contributed by atoms with Gasteiger partial charge in [0.05, 0.1) is 0 Å². The molecule has 0 radical (unpaired) electrons. The second kappa shape index (κ2) is 5.90. The Kier molecular flexibility index (Phi) is 3.97. The number of halogens is 1. The van der Waals surface area contributed by atoms with Gasteiger partial charge >= 0.3 is 0 Å². The number of benzene rings is 1. The largest absolute Gasteiger partial charge is 0.376 e. The van der Waals surface area contributed by atoms with Gasteiger partial charge in [-0.3, -0.25) is 9.59 Å². The van der Waals surface area contributed by atoms with Gasteiger partial charge in [0, 0.05) is 28.7 Å². The highest BCUT2D eigenvalue weighted by molar-refractivity contribution is 6.30. The van der Waals surface area contributed by atoms with Gasteiger partial charge in [-0.25, -0.2) is 0 Å². The Bertz CT molecular complexity index is 595. The SMILES string of the molecule is O=C1N[C@@H]2CCCC[C@H]2N/C1=C\C(=O)c1ccc(Cl)cc1. The van der Waals surface area contributed by atoms with Crippen LogP contribution in [-0.4, -0.2) is 23.8 Å². The van der Waals surface area contributed by atoms with Crippen LogP contribution in [0.1, 0.15) is 36.0 Å². The van der Waals surface area contributed by atoms with Crippen LogP contribution >= 0.6 is 11.6 Å². The van der Waals surface area contributed by atoms with Crippen molar-refractivity contribution in [1.82, 2.24) is 10.6 Å². The number of allylic oxidation sites excluding steroid dienone is 1. The lowest BCUT2D eigenvalue weighted by Crippen LogP contribution is -2.58. The van der Waals surface area contributed by atoms with Gasteiger partial charge in [-0.2, -0.15) is 0 Å². The number of nitrogens with one attached hydrogen (secondary N) is 2. The van der Waals surface area contributed by atoms with Gasteiger partial charge < -0.3 is 10.6 Å². The number of hydrogen-bond donors (Lipinski definition) is 2. The highest BCUT2D eigenvalue weighted by atomic mass is 35.5. The van der Waals surface area contributed by atoms with Gasteiger partial charge in [-0.1, -0.05) is 24.4 Å². The number of piperazine rings is 1. The van der Waals surface area contributed by atoms with E-state index < -0.39 is 0 Å². The van der Waals surface area contributed by atoms with Gasteiger partial charge in [0.1, 0.15) is 5.70 Å². The first-order valence-electron chi connectivity index (χ1n) is 7.22. The summed E-state index contributed by atoms with van der Waals surface area (Å²) in [6.45, 7) is 0. The van der Waals surface area contributed by atoms with E-state index in [0.717, 1.165) is 25.7 Å². The molecular formula is C16H17ClN2O2. The van der Waals surface area contributed by atoms with Crippen molar-refractivity contribution in [2.45, 2.75) is 37.8 Å². The lowest BCUT2D eigenvalue weighted by atomic mass is 9.88. The van der Waals surface area contributed by atoms with Gasteiger partial charge in [-0.05, 0) is 37.1 Å². The van der Waals surface area contributed by atoms with E-state index in [4.69, 9.17) is 11.6 Å². The van der Waals surface area contributed by atoms with Gasteiger partial charge in [0.25, 0.3) is 5.91 Å². The van der Waals surface area contributed by atoms with E-state index in [9.17, 15) is 9.59 Å². The third-order valence-corrected chi connectivity index (χ3v) is 4.32. The minimum absolute atomic E-state index is 0.189. The van der Waals surface area contributed by atoms with E-state index in [0.29, 0.717) is 16.3 Å². The van der Waals surface area contributed by atoms with Crippen molar-refractivity contribution in [2.24, 2.45) is 0 Å². The third kappa shape index (κ3) is 3.10. The first kappa shape index (κ1) is 14.1. The van der Waals surface area contributed by atoms with Crippen LogP contribution in [0, 0.1) is 0 Å². The summed E-state index contributed by atoms with van der Waals surface area (Å²) in [5, 5.41) is 6.79. The Morgan fingerprint density at radius 2 is 1.71 bits per heavy atom. The molecule has 1 aliphatic heterocycles. The van der Waals surface area contributed by atoms with Gasteiger partial charge in [0.2, 0.25) is 0 Å². The molecule has 2 N–H and O–H groups in total. The topological polar surface area (TPSA) is 58.2 Å². The van der Waals surface area contributed by atoms with Crippen molar-refractivity contribution in [3.05, 3.63) is 46.6 Å². The molecule has 1 heterocycles. The fraction of sp³-hybridized carbons (Fsp3) is 0.375. The zero-order valence-electron chi connectivity index (χ0n) is 11.6. The standard InChI is InChI=1S/C16H17ClN2O2/c17-11-7-5-10(6-8-11)15(20)9-14-16(21)19-13-4-2-1-3-12(13)18-14/h5-9,12-13,18H,1-4H2,(H,19,21)/b14-9-/t12-,13-/m1/s1. The van der Waals surface area contributed by atoms with E-state index in [-0.39, 0.29) is 23.8 Å². The molecule has 21 heavy (non-hydrogen) atoms. The van der Waals surface area contributed by atoms with Crippen molar-refractivity contribution in [3.63, 3.8) is 0 Å². The molecular weight excluding hydrogens is 288 g/mol. The first-order chi connectivity index (χ1) is 10.1. The molecule has 0 spiro atoms. The average Bonchev–Trinajstić information content (AvgIpc) is 2.48. The molecule has 4 nitrogen and oxygen atoms in total. The Morgan fingerprint density at radius 3 is 2.38 bits per heavy atom. The summed E-state index contributed by atoms with van der Waals surface area (Å²) in [6, 6.07) is 7.07. The van der Waals surface area contributed by atoms with Crippen molar-refractivity contribution in [2.75, 3.05) is 0 Å². The molecule has 0 unspecified atom stereocenters. The number of fused-ring (bicyclic) bond motifs is 1. The molecule has 110 valence electrons. The lowest BCUT2D eigenvalue weighted by Gasteiger charge is -2.38. The minimum atomic E-state index is -0.196. The second-order valence-electron chi connectivity index (χ2n) is 5.54. The number of hydrogen-bond acceptors (Lipinski definition) is 3. The summed E-state index contributed by atoms with van der Waals surface area (Å²) in [7, 11) is 0. The maximum absolute atomic E-state index is 12.2. The summed E-state index contributed by atoms with van der Waals surface area (Å²) in [6.07, 6.45) is 5.71. The molecule has 2 aliphatic rings. The van der Waals surface area contributed by atoms with E-state index in [1.807, 2.05) is 0 Å². The number of ketones is 1. The summed E-state index contributed by atoms with van der Waals surface area (Å²) in [4.78, 5) is 24.2. The molecule has 0 bridgehead atoms. The molecule has 2 atom stereocenters. The number of amides is 1. The van der Waals surface area contributed by atoms with E-state index in [1.165, 1.54) is 6.08 Å². The molecule has 1 amide bonds. The average molecular weight is 305 g/mol. The molecule has 0 aromatic heterocycles. The normalized spacial score (nSPS) is 26.7. The molecule has 1 aromatic rings. The summed E-state index contributed by atoms with van der Waals surface area (Å²) < 4.78 is 0. The second-order valence-corrected chi connectivity index (χ2v) is 5.98. The number of carbonyl (C=O) groups is 2. The maximum atomic E-state index is 12.2. The molecule has 3 rings (SSSR count). The molecule has 1 aromatic carbocycles. The van der Waals surface area contributed by atoms with Crippen molar-refractivity contribution in [1.29, 1.82) is 0 Å². The van der Waals surface area contributed by atoms with Crippen molar-refractivity contribution in [3.8, 4) is 0 Å². The predicted molar refractivity (Wildman–Crippen MR) is 81.2 cm³/mol. The Morgan fingerprint density at radius 1 is 1.10 bits per heavy atom. The smallest absolute Gasteiger partial charge is 0.267 e. The monoisotopic (exact) mass is 304 g/mol. The third-order valence-electron chi connectivity index (χ3n) is 4.07. The van der Waals surface area contributed by atoms with Crippen LogP contribution in [-0.2, 0) is 4.79 Å². The predicted octanol–water partition coefficient (Wildman–Crippen LogP) is 2.44. The Balaban J connectivity index is 1.77. The van der Waals surface area contributed by atoms with Crippen molar-refractivity contribution < 1.29 is 9.59 Å². The number of carbonyl (C=O) groups excluding carboxylic acids is 2. The van der Waals surface area contributed by atoms with E-state index in [2.05, 4.69) is 10.6 Å². The first-order valence-corrected chi connectivity index (χ1v) is 7.60. The van der Waals surface area contributed by atoms with Crippen LogP contribution < -0.4 is 10.6 Å².